The Morgan fingerprint density at radius 2 is 2.06 bits per heavy atom. The summed E-state index contributed by atoms with van der Waals surface area (Å²) in [5.74, 6) is -0.763. The maximum atomic E-state index is 12.4. The molecule has 0 fully saturated rings. The zero-order valence-electron chi connectivity index (χ0n) is 17.5. The van der Waals surface area contributed by atoms with Gasteiger partial charge < -0.3 is 9.15 Å². The molecule has 31 heavy (non-hydrogen) atoms. The number of amides is 2. The highest BCUT2D eigenvalue weighted by atomic mass is 35.5. The largest absolute Gasteiger partial charge is 0.462 e. The number of imide groups is 1. The highest BCUT2D eigenvalue weighted by Gasteiger charge is 2.32. The third-order valence-electron chi connectivity index (χ3n) is 4.98. The van der Waals surface area contributed by atoms with E-state index in [0.29, 0.717) is 46.3 Å². The summed E-state index contributed by atoms with van der Waals surface area (Å²) in [5, 5.41) is 2.66. The third-order valence-corrected chi connectivity index (χ3v) is 5.31. The Morgan fingerprint density at radius 1 is 1.29 bits per heavy atom. The molecule has 0 unspecified atom stereocenters. The van der Waals surface area contributed by atoms with Crippen molar-refractivity contribution in [3.8, 4) is 11.3 Å². The van der Waals surface area contributed by atoms with Gasteiger partial charge in [0.15, 0.2) is 0 Å². The highest BCUT2D eigenvalue weighted by molar-refractivity contribution is 6.33. The van der Waals surface area contributed by atoms with Gasteiger partial charge in [-0.3, -0.25) is 19.9 Å². The predicted molar refractivity (Wildman–Crippen MR) is 117 cm³/mol. The second-order valence-electron chi connectivity index (χ2n) is 7.16. The van der Waals surface area contributed by atoms with Crippen LogP contribution in [0.1, 0.15) is 36.4 Å². The number of benzene rings is 1. The summed E-state index contributed by atoms with van der Waals surface area (Å²) in [5.41, 5.74) is 1.95. The van der Waals surface area contributed by atoms with Gasteiger partial charge in [-0.05, 0) is 49.2 Å². The van der Waals surface area contributed by atoms with Crippen LogP contribution in [0.2, 0.25) is 5.02 Å². The lowest BCUT2D eigenvalue weighted by atomic mass is 9.88. The summed E-state index contributed by atoms with van der Waals surface area (Å²) >= 11 is 6.16. The molecule has 1 aliphatic rings. The van der Waals surface area contributed by atoms with Gasteiger partial charge in [-0.15, -0.1) is 0 Å². The number of rotatable bonds is 7. The summed E-state index contributed by atoms with van der Waals surface area (Å²) in [4.78, 5) is 40.5. The van der Waals surface area contributed by atoms with Gasteiger partial charge in [-0.25, -0.2) is 4.79 Å². The topological polar surface area (TPSA) is 98.0 Å². The van der Waals surface area contributed by atoms with Crippen molar-refractivity contribution in [1.82, 2.24) is 5.32 Å². The van der Waals surface area contributed by atoms with Gasteiger partial charge in [0.2, 0.25) is 5.91 Å². The minimum absolute atomic E-state index is 0.262. The quantitative estimate of drug-likeness (QED) is 0.397. The van der Waals surface area contributed by atoms with Crippen LogP contribution in [0.15, 0.2) is 50.9 Å². The number of esters is 1. The number of ether oxygens (including phenoxy) is 1. The van der Waals surface area contributed by atoms with E-state index in [1.807, 2.05) is 6.92 Å². The maximum Gasteiger partial charge on any atom is 0.339 e. The summed E-state index contributed by atoms with van der Waals surface area (Å²) in [6.45, 7) is 3.97. The van der Waals surface area contributed by atoms with Gasteiger partial charge in [0, 0.05) is 25.2 Å². The summed E-state index contributed by atoms with van der Waals surface area (Å²) < 4.78 is 11.1. The number of hydrogen-bond acceptors (Lipinski definition) is 6. The zero-order chi connectivity index (χ0) is 22.5. The van der Waals surface area contributed by atoms with E-state index >= 15 is 0 Å². The van der Waals surface area contributed by atoms with Crippen molar-refractivity contribution in [2.75, 3.05) is 13.7 Å². The lowest BCUT2D eigenvalue weighted by Gasteiger charge is -2.23. The predicted octanol–water partition coefficient (Wildman–Crippen LogP) is 4.00. The number of nitrogens with zero attached hydrogens (tertiary/aromatic N) is 1. The SMILES string of the molecule is CCCOC(=O)c1cc(-c2ccc(C[C@H]3C(=O)NC(=O)C(C=NC)=C3C)o2)ccc1Cl. The minimum atomic E-state index is -0.547. The van der Waals surface area contributed by atoms with E-state index in [9.17, 15) is 14.4 Å². The molecule has 1 N–H and O–H groups in total. The van der Waals surface area contributed by atoms with Crippen LogP contribution < -0.4 is 5.32 Å². The molecule has 1 aliphatic heterocycles. The van der Waals surface area contributed by atoms with Gasteiger partial charge >= 0.3 is 5.97 Å². The monoisotopic (exact) mass is 442 g/mol. The molecule has 2 aromatic rings. The molecule has 8 heteroatoms. The lowest BCUT2D eigenvalue weighted by molar-refractivity contribution is -0.131. The molecule has 0 radical (unpaired) electrons. The van der Waals surface area contributed by atoms with E-state index < -0.39 is 17.8 Å². The van der Waals surface area contributed by atoms with Gasteiger partial charge in [0.05, 0.1) is 28.7 Å². The number of halogens is 1. The van der Waals surface area contributed by atoms with Gasteiger partial charge in [-0.2, -0.15) is 0 Å². The van der Waals surface area contributed by atoms with Crippen LogP contribution >= 0.6 is 11.6 Å². The molecule has 1 atom stereocenters. The van der Waals surface area contributed by atoms with E-state index in [2.05, 4.69) is 10.3 Å². The van der Waals surface area contributed by atoms with Crippen LogP contribution in [0.3, 0.4) is 0 Å². The normalized spacial score (nSPS) is 16.7. The molecule has 2 heterocycles. The second-order valence-corrected chi connectivity index (χ2v) is 7.56. The van der Waals surface area contributed by atoms with E-state index in [1.54, 1.807) is 44.3 Å². The first-order valence-electron chi connectivity index (χ1n) is 9.89. The number of aliphatic imine (C=N–C) groups is 1. The van der Waals surface area contributed by atoms with Crippen molar-refractivity contribution < 1.29 is 23.5 Å². The Morgan fingerprint density at radius 3 is 2.77 bits per heavy atom. The Kier molecular flexibility index (Phi) is 7.07. The number of hydrogen-bond donors (Lipinski definition) is 1. The third kappa shape index (κ3) is 4.94. The molecular weight excluding hydrogens is 420 g/mol. The molecule has 1 aromatic carbocycles. The van der Waals surface area contributed by atoms with E-state index in [4.69, 9.17) is 20.8 Å². The van der Waals surface area contributed by atoms with Gasteiger partial charge in [-0.1, -0.05) is 18.5 Å². The first kappa shape index (κ1) is 22.5. The van der Waals surface area contributed by atoms with Gasteiger partial charge in [0.25, 0.3) is 5.91 Å². The molecule has 2 amide bonds. The first-order valence-corrected chi connectivity index (χ1v) is 10.3. The fourth-order valence-corrected chi connectivity index (χ4v) is 3.51. The molecular formula is C23H23ClN2O5. The van der Waals surface area contributed by atoms with Crippen molar-refractivity contribution in [2.24, 2.45) is 10.9 Å². The Bertz CT molecular complexity index is 1080. The fourth-order valence-electron chi connectivity index (χ4n) is 3.32. The van der Waals surface area contributed by atoms with Crippen molar-refractivity contribution in [3.05, 3.63) is 57.8 Å². The molecule has 0 aliphatic carbocycles. The minimum Gasteiger partial charge on any atom is -0.462 e. The number of furan rings is 1. The van der Waals surface area contributed by atoms with Crippen LogP contribution in [0.5, 0.6) is 0 Å². The maximum absolute atomic E-state index is 12.4. The van der Waals surface area contributed by atoms with Crippen molar-refractivity contribution >= 4 is 35.6 Å². The Labute approximate surface area is 185 Å². The molecule has 0 bridgehead atoms. The van der Waals surface area contributed by atoms with Crippen molar-refractivity contribution in [1.29, 1.82) is 0 Å². The molecule has 0 spiro atoms. The van der Waals surface area contributed by atoms with E-state index in [0.717, 1.165) is 0 Å². The number of carbonyl (C=O) groups excluding carboxylic acids is 3. The average Bonchev–Trinajstić information content (AvgIpc) is 3.21. The van der Waals surface area contributed by atoms with Crippen LogP contribution in [-0.4, -0.2) is 37.7 Å². The fraction of sp³-hybridized carbons (Fsp3) is 0.304. The molecule has 7 nitrogen and oxygen atoms in total. The van der Waals surface area contributed by atoms with Crippen molar-refractivity contribution in [3.63, 3.8) is 0 Å². The van der Waals surface area contributed by atoms with Crippen LogP contribution in [0.4, 0.5) is 0 Å². The summed E-state index contributed by atoms with van der Waals surface area (Å²) in [6, 6.07) is 8.51. The van der Waals surface area contributed by atoms with Gasteiger partial charge in [0.1, 0.15) is 11.5 Å². The van der Waals surface area contributed by atoms with Crippen molar-refractivity contribution in [2.45, 2.75) is 26.7 Å². The zero-order valence-corrected chi connectivity index (χ0v) is 18.3. The van der Waals surface area contributed by atoms with Crippen LogP contribution in [-0.2, 0) is 20.7 Å². The molecule has 1 aromatic heterocycles. The Balaban J connectivity index is 1.84. The first-order chi connectivity index (χ1) is 14.8. The average molecular weight is 443 g/mol. The molecule has 0 saturated heterocycles. The summed E-state index contributed by atoms with van der Waals surface area (Å²) in [6.07, 6.45) is 2.44. The second kappa shape index (κ2) is 9.75. The van der Waals surface area contributed by atoms with Crippen LogP contribution in [0.25, 0.3) is 11.3 Å². The molecule has 162 valence electrons. The number of carbonyl (C=O) groups is 3. The highest BCUT2D eigenvalue weighted by Crippen LogP contribution is 2.30. The summed E-state index contributed by atoms with van der Waals surface area (Å²) in [7, 11) is 1.57. The van der Waals surface area contributed by atoms with Crippen LogP contribution in [0, 0.1) is 5.92 Å². The Hall–Kier alpha value is -3.19. The standard InChI is InChI=1S/C23H23ClN2O5/c1-4-9-30-23(29)17-10-14(5-7-19(17)24)20-8-6-15(31-20)11-16-13(2)18(12-25-3)22(28)26-21(16)27/h5-8,10,12,16H,4,9,11H2,1-3H3,(H,26,27,28)/t16-/m1/s1. The van der Waals surface area contributed by atoms with E-state index in [1.165, 1.54) is 6.21 Å². The lowest BCUT2D eigenvalue weighted by Crippen LogP contribution is -2.43. The molecule has 3 rings (SSSR count). The number of nitrogens with one attached hydrogen (secondary N) is 1. The smallest absolute Gasteiger partial charge is 0.339 e. The van der Waals surface area contributed by atoms with E-state index in [-0.39, 0.29) is 17.9 Å². The molecule has 0 saturated carbocycles.